The Morgan fingerprint density at radius 3 is 2.44 bits per heavy atom. The number of halogens is 1. The Morgan fingerprint density at radius 1 is 1.03 bits per heavy atom. The number of nitrogens with zero attached hydrogens (tertiary/aromatic N) is 3. The van der Waals surface area contributed by atoms with Gasteiger partial charge in [0.1, 0.15) is 11.5 Å². The second-order valence-corrected chi connectivity index (χ2v) is 8.86. The Kier molecular flexibility index (Phi) is 5.93. The largest absolute Gasteiger partial charge is 0.340 e. The molecule has 6 heteroatoms. The minimum Gasteiger partial charge on any atom is -0.340 e. The number of hydrogen-bond donors (Lipinski definition) is 0. The van der Waals surface area contributed by atoms with E-state index in [2.05, 4.69) is 10.1 Å². The zero-order valence-electron chi connectivity index (χ0n) is 18.2. The molecule has 0 bridgehead atoms. The van der Waals surface area contributed by atoms with E-state index in [1.807, 2.05) is 35.2 Å². The molecule has 1 aliphatic heterocycles. The van der Waals surface area contributed by atoms with E-state index >= 15 is 0 Å². The molecular formula is C26H28FN3O2. The van der Waals surface area contributed by atoms with Crippen molar-refractivity contribution in [2.75, 3.05) is 24.5 Å². The molecule has 3 aromatic rings. The molecule has 32 heavy (non-hydrogen) atoms. The van der Waals surface area contributed by atoms with Crippen LogP contribution >= 0.6 is 0 Å². The fraction of sp³-hybridized carbons (Fsp3) is 0.385. The van der Waals surface area contributed by atoms with Crippen LogP contribution in [0, 0.1) is 11.7 Å². The van der Waals surface area contributed by atoms with Crippen LogP contribution in [0.4, 0.5) is 10.3 Å². The van der Waals surface area contributed by atoms with Gasteiger partial charge in [0.05, 0.1) is 12.1 Å². The van der Waals surface area contributed by atoms with Gasteiger partial charge in [0.2, 0.25) is 5.88 Å². The molecule has 2 heterocycles. The van der Waals surface area contributed by atoms with Crippen LogP contribution in [0.2, 0.25) is 0 Å². The Bertz CT molecular complexity index is 1050. The third-order valence-corrected chi connectivity index (χ3v) is 6.36. The molecule has 166 valence electrons. The number of hydrogen-bond acceptors (Lipinski definition) is 4. The molecule has 5 rings (SSSR count). The fourth-order valence-electron chi connectivity index (χ4n) is 4.41. The van der Waals surface area contributed by atoms with Gasteiger partial charge in [-0.15, -0.1) is 0 Å². The van der Waals surface area contributed by atoms with Gasteiger partial charge in [-0.2, -0.15) is 0 Å². The van der Waals surface area contributed by atoms with E-state index in [1.165, 1.54) is 18.6 Å². The van der Waals surface area contributed by atoms with Gasteiger partial charge in [-0.1, -0.05) is 35.5 Å². The van der Waals surface area contributed by atoms with Gasteiger partial charge >= 0.3 is 0 Å². The lowest BCUT2D eigenvalue weighted by Crippen LogP contribution is -2.34. The third-order valence-electron chi connectivity index (χ3n) is 6.36. The first kappa shape index (κ1) is 20.7. The van der Waals surface area contributed by atoms with E-state index in [-0.39, 0.29) is 11.7 Å². The summed E-state index contributed by atoms with van der Waals surface area (Å²) >= 11 is 0. The molecule has 1 saturated carbocycles. The number of benzene rings is 2. The number of rotatable bonds is 7. The fourth-order valence-corrected chi connectivity index (χ4v) is 4.41. The molecule has 1 aromatic heterocycles. The highest BCUT2D eigenvalue weighted by atomic mass is 19.1. The minimum atomic E-state index is -0.340. The molecule has 2 aliphatic rings. The van der Waals surface area contributed by atoms with Gasteiger partial charge in [0.25, 0.3) is 5.91 Å². The standard InChI is InChI=1S/C26H28FN3O2/c27-22-13-11-21(12-14-22)25(31)30(17-19-9-10-19)18-23-24(20-7-3-1-4-8-20)28-32-26(23)29-15-5-2-6-16-29/h1,3-4,7-8,11-14,19H,2,5-6,9-10,15-18H2. The highest BCUT2D eigenvalue weighted by molar-refractivity contribution is 5.94. The van der Waals surface area contributed by atoms with Gasteiger partial charge in [0, 0.05) is 30.8 Å². The average molecular weight is 434 g/mol. The Labute approximate surface area is 187 Å². The predicted molar refractivity (Wildman–Crippen MR) is 122 cm³/mol. The number of anilines is 1. The van der Waals surface area contributed by atoms with Crippen LogP contribution in [-0.4, -0.2) is 35.6 Å². The SMILES string of the molecule is O=C(c1ccc(F)cc1)N(Cc1c(-c2ccccc2)noc1N1CCCCC1)CC1CC1. The third kappa shape index (κ3) is 4.54. The van der Waals surface area contributed by atoms with Gasteiger partial charge in [-0.25, -0.2) is 4.39 Å². The van der Waals surface area contributed by atoms with Crippen LogP contribution in [0.15, 0.2) is 59.1 Å². The Balaban J connectivity index is 1.50. The van der Waals surface area contributed by atoms with Gasteiger partial charge < -0.3 is 14.3 Å². The lowest BCUT2D eigenvalue weighted by atomic mass is 10.0. The summed E-state index contributed by atoms with van der Waals surface area (Å²) < 4.78 is 19.3. The molecule has 0 unspecified atom stereocenters. The molecule has 0 radical (unpaired) electrons. The number of aromatic nitrogens is 1. The zero-order valence-corrected chi connectivity index (χ0v) is 18.2. The van der Waals surface area contributed by atoms with E-state index in [1.54, 1.807) is 12.1 Å². The topological polar surface area (TPSA) is 49.6 Å². The van der Waals surface area contributed by atoms with Crippen LogP contribution in [0.5, 0.6) is 0 Å². The van der Waals surface area contributed by atoms with Crippen molar-refractivity contribution in [1.82, 2.24) is 10.1 Å². The number of piperidine rings is 1. The molecule has 1 amide bonds. The summed E-state index contributed by atoms with van der Waals surface area (Å²) in [7, 11) is 0. The first-order chi connectivity index (χ1) is 15.7. The molecule has 5 nitrogen and oxygen atoms in total. The lowest BCUT2D eigenvalue weighted by Gasteiger charge is -2.28. The second kappa shape index (κ2) is 9.15. The van der Waals surface area contributed by atoms with Crippen LogP contribution in [0.25, 0.3) is 11.3 Å². The average Bonchev–Trinajstić information content (AvgIpc) is 3.56. The van der Waals surface area contributed by atoms with Gasteiger partial charge in [-0.3, -0.25) is 4.79 Å². The molecule has 0 atom stereocenters. The summed E-state index contributed by atoms with van der Waals surface area (Å²) in [6, 6.07) is 15.8. The quantitative estimate of drug-likeness (QED) is 0.492. The van der Waals surface area contributed by atoms with Crippen molar-refractivity contribution in [3.63, 3.8) is 0 Å². The first-order valence-electron chi connectivity index (χ1n) is 11.5. The van der Waals surface area contributed by atoms with Crippen molar-refractivity contribution in [2.24, 2.45) is 5.92 Å². The second-order valence-electron chi connectivity index (χ2n) is 8.86. The number of carbonyl (C=O) groups is 1. The normalized spacial score (nSPS) is 16.2. The van der Waals surface area contributed by atoms with Crippen molar-refractivity contribution < 1.29 is 13.7 Å². The summed E-state index contributed by atoms with van der Waals surface area (Å²) in [6.07, 6.45) is 5.76. The van der Waals surface area contributed by atoms with Crippen molar-refractivity contribution in [1.29, 1.82) is 0 Å². The maximum Gasteiger partial charge on any atom is 0.254 e. The Morgan fingerprint density at radius 2 is 1.75 bits per heavy atom. The van der Waals surface area contributed by atoms with Crippen LogP contribution in [0.1, 0.15) is 48.0 Å². The highest BCUT2D eigenvalue weighted by Crippen LogP contribution is 2.36. The van der Waals surface area contributed by atoms with Crippen molar-refractivity contribution >= 4 is 11.8 Å². The smallest absolute Gasteiger partial charge is 0.254 e. The van der Waals surface area contributed by atoms with E-state index in [0.29, 0.717) is 24.6 Å². The van der Waals surface area contributed by atoms with Crippen LogP contribution < -0.4 is 4.90 Å². The number of carbonyl (C=O) groups excluding carboxylic acids is 1. The highest BCUT2D eigenvalue weighted by Gasteiger charge is 2.31. The number of amides is 1. The summed E-state index contributed by atoms with van der Waals surface area (Å²) in [4.78, 5) is 17.6. The van der Waals surface area contributed by atoms with E-state index in [9.17, 15) is 9.18 Å². The molecule has 1 aliphatic carbocycles. The Hall–Kier alpha value is -3.15. The minimum absolute atomic E-state index is 0.0818. The van der Waals surface area contributed by atoms with Gasteiger partial charge in [-0.05, 0) is 62.3 Å². The van der Waals surface area contributed by atoms with Crippen LogP contribution in [-0.2, 0) is 6.54 Å². The summed E-state index contributed by atoms with van der Waals surface area (Å²) in [5.74, 6) is 0.879. The lowest BCUT2D eigenvalue weighted by molar-refractivity contribution is 0.0735. The van der Waals surface area contributed by atoms with E-state index in [0.717, 1.165) is 61.5 Å². The molecule has 1 saturated heterocycles. The monoisotopic (exact) mass is 433 g/mol. The summed E-state index contributed by atoms with van der Waals surface area (Å²) in [5.41, 5.74) is 3.23. The zero-order chi connectivity index (χ0) is 21.9. The van der Waals surface area contributed by atoms with Crippen molar-refractivity contribution in [3.05, 3.63) is 71.5 Å². The van der Waals surface area contributed by atoms with Crippen molar-refractivity contribution in [3.8, 4) is 11.3 Å². The summed E-state index contributed by atoms with van der Waals surface area (Å²) in [6.45, 7) is 2.98. The van der Waals surface area contributed by atoms with E-state index in [4.69, 9.17) is 4.52 Å². The maximum atomic E-state index is 13.4. The molecule has 2 fully saturated rings. The van der Waals surface area contributed by atoms with Gasteiger partial charge in [0.15, 0.2) is 0 Å². The van der Waals surface area contributed by atoms with E-state index < -0.39 is 0 Å². The molecule has 0 N–H and O–H groups in total. The molecule has 0 spiro atoms. The predicted octanol–water partition coefficient (Wildman–Crippen LogP) is 5.52. The van der Waals surface area contributed by atoms with Crippen LogP contribution in [0.3, 0.4) is 0 Å². The van der Waals surface area contributed by atoms with Crippen molar-refractivity contribution in [2.45, 2.75) is 38.6 Å². The maximum absolute atomic E-state index is 13.4. The summed E-state index contributed by atoms with van der Waals surface area (Å²) in [5, 5.41) is 4.45. The first-order valence-corrected chi connectivity index (χ1v) is 11.5. The molecule has 2 aromatic carbocycles. The molecular weight excluding hydrogens is 405 g/mol.